The first-order valence-corrected chi connectivity index (χ1v) is 22.7. The van der Waals surface area contributed by atoms with Gasteiger partial charge in [-0.2, -0.15) is 0 Å². The molecule has 1 aliphatic rings. The number of ether oxygens (including phenoxy) is 1. The van der Waals surface area contributed by atoms with Gasteiger partial charge in [0.15, 0.2) is 11.5 Å². The van der Waals surface area contributed by atoms with E-state index >= 15 is 0 Å². The van der Waals surface area contributed by atoms with E-state index in [1.54, 1.807) is 0 Å². The molecule has 0 radical (unpaired) electrons. The Kier molecular flexibility index (Phi) is 8.21. The van der Waals surface area contributed by atoms with Gasteiger partial charge in [-0.1, -0.05) is 164 Å². The third kappa shape index (κ3) is 5.81. The number of para-hydroxylation sites is 5. The lowest BCUT2D eigenvalue weighted by atomic mass is 9.94. The molecular weight excluding hydrogens is 821 g/mol. The Bertz CT molecular complexity index is 4100. The molecule has 11 aromatic carbocycles. The monoisotopic (exact) mass is 858 g/mol. The molecule has 0 saturated heterocycles. The Labute approximate surface area is 385 Å². The van der Waals surface area contributed by atoms with Crippen molar-refractivity contribution in [2.24, 2.45) is 0 Å². The second-order valence-electron chi connectivity index (χ2n) is 17.2. The van der Waals surface area contributed by atoms with Crippen LogP contribution in [0.1, 0.15) is 0 Å². The average Bonchev–Trinajstić information content (AvgIpc) is 3.97. The SMILES string of the molecule is c1ccc(N(c2ccc3c(c2)Oc2cc(-c4cccc5c4oc4ccccc45)ccc2N3c2ccc(-c3cccc4c3oc3ccccc34)c3ccccc23)c2cccc3ccccc23)cc1. The van der Waals surface area contributed by atoms with Gasteiger partial charge in [0.05, 0.1) is 28.4 Å². The molecule has 0 spiro atoms. The number of hydrogen-bond donors (Lipinski definition) is 0. The van der Waals surface area contributed by atoms with Gasteiger partial charge in [-0.25, -0.2) is 0 Å². The van der Waals surface area contributed by atoms with Crippen LogP contribution in [0.4, 0.5) is 34.1 Å². The van der Waals surface area contributed by atoms with Crippen LogP contribution in [0.25, 0.3) is 87.7 Å². The molecule has 13 aromatic rings. The van der Waals surface area contributed by atoms with Crippen molar-refractivity contribution in [1.29, 1.82) is 0 Å². The smallest absolute Gasteiger partial charge is 0.153 e. The van der Waals surface area contributed by atoms with Crippen molar-refractivity contribution < 1.29 is 13.6 Å². The minimum absolute atomic E-state index is 0.741. The lowest BCUT2D eigenvalue weighted by Gasteiger charge is -2.35. The highest BCUT2D eigenvalue weighted by Gasteiger charge is 2.30. The molecule has 0 fully saturated rings. The summed E-state index contributed by atoms with van der Waals surface area (Å²) in [6.45, 7) is 0. The minimum atomic E-state index is 0.741. The number of furan rings is 2. The first-order chi connectivity index (χ1) is 33.2. The van der Waals surface area contributed by atoms with Gasteiger partial charge >= 0.3 is 0 Å². The Hall–Kier alpha value is -9.06. The molecule has 5 nitrogen and oxygen atoms in total. The van der Waals surface area contributed by atoms with Gasteiger partial charge in [0, 0.05) is 55.2 Å². The van der Waals surface area contributed by atoms with Crippen molar-refractivity contribution in [3.05, 3.63) is 231 Å². The molecule has 3 heterocycles. The minimum Gasteiger partial charge on any atom is -0.455 e. The summed E-state index contributed by atoms with van der Waals surface area (Å²) in [5.41, 5.74) is 13.7. The largest absolute Gasteiger partial charge is 0.455 e. The first kappa shape index (κ1) is 37.3. The zero-order valence-corrected chi connectivity index (χ0v) is 36.1. The van der Waals surface area contributed by atoms with E-state index in [9.17, 15) is 0 Å². The molecule has 0 unspecified atom stereocenters. The average molecular weight is 859 g/mol. The predicted molar refractivity (Wildman–Crippen MR) is 276 cm³/mol. The summed E-state index contributed by atoms with van der Waals surface area (Å²) in [6.07, 6.45) is 0. The van der Waals surface area contributed by atoms with Crippen LogP contribution in [0, 0.1) is 0 Å². The highest BCUT2D eigenvalue weighted by Crippen LogP contribution is 2.55. The third-order valence-corrected chi connectivity index (χ3v) is 13.4. The van der Waals surface area contributed by atoms with Crippen LogP contribution in [0.5, 0.6) is 11.5 Å². The van der Waals surface area contributed by atoms with E-state index in [1.165, 1.54) is 5.39 Å². The van der Waals surface area contributed by atoms with Crippen LogP contribution in [-0.2, 0) is 0 Å². The van der Waals surface area contributed by atoms with E-state index in [2.05, 4.69) is 216 Å². The van der Waals surface area contributed by atoms with Gasteiger partial charge in [-0.05, 0) is 82.6 Å². The second kappa shape index (κ2) is 14.7. The van der Waals surface area contributed by atoms with Crippen molar-refractivity contribution in [3.63, 3.8) is 0 Å². The summed E-state index contributed by atoms with van der Waals surface area (Å²) >= 11 is 0. The second-order valence-corrected chi connectivity index (χ2v) is 17.2. The van der Waals surface area contributed by atoms with Crippen LogP contribution < -0.4 is 14.5 Å². The normalized spacial score (nSPS) is 12.3. The van der Waals surface area contributed by atoms with E-state index in [4.69, 9.17) is 13.6 Å². The topological polar surface area (TPSA) is 42.0 Å². The van der Waals surface area contributed by atoms with E-state index in [0.29, 0.717) is 0 Å². The number of benzene rings is 11. The summed E-state index contributed by atoms with van der Waals surface area (Å²) in [6, 6.07) is 81.3. The molecular formula is C62H38N2O3. The third-order valence-electron chi connectivity index (χ3n) is 13.4. The molecule has 2 aromatic heterocycles. The van der Waals surface area contributed by atoms with Crippen LogP contribution in [0.2, 0.25) is 0 Å². The lowest BCUT2D eigenvalue weighted by Crippen LogP contribution is -2.17. The summed E-state index contributed by atoms with van der Waals surface area (Å²) in [5, 5.41) is 8.97. The summed E-state index contributed by atoms with van der Waals surface area (Å²) in [5.74, 6) is 1.48. The predicted octanol–water partition coefficient (Wildman–Crippen LogP) is 18.2. The highest BCUT2D eigenvalue weighted by atomic mass is 16.5. The highest BCUT2D eigenvalue weighted by molar-refractivity contribution is 6.15. The van der Waals surface area contributed by atoms with Crippen molar-refractivity contribution in [1.82, 2.24) is 0 Å². The standard InChI is InChI=1S/C62H38N2O3/c1-2-17-41(18-3-1)63(53-28-12-16-39-15-4-5-19-43(39)53)42-32-35-56-60(38-42)65-59-37-40(44-24-13-26-51-48-22-8-10-29-57(48)66-61(44)51)31-34-55(59)64(56)54-36-33-46(45-20-6-7-21-47(45)54)50-25-14-27-52-49-23-9-11-30-58(49)67-62(50)52/h1-38H. The molecule has 0 N–H and O–H groups in total. The number of nitrogens with zero attached hydrogens (tertiary/aromatic N) is 2. The number of rotatable bonds is 6. The maximum absolute atomic E-state index is 7.18. The van der Waals surface area contributed by atoms with Crippen molar-refractivity contribution in [2.45, 2.75) is 0 Å². The molecule has 0 bridgehead atoms. The fraction of sp³-hybridized carbons (Fsp3) is 0. The molecule has 14 rings (SSSR count). The number of fused-ring (bicyclic) bond motifs is 10. The molecule has 0 amide bonds. The zero-order valence-electron chi connectivity index (χ0n) is 36.1. The van der Waals surface area contributed by atoms with Gasteiger partial charge < -0.3 is 23.4 Å². The Morgan fingerprint density at radius 3 is 1.64 bits per heavy atom. The van der Waals surface area contributed by atoms with Crippen LogP contribution in [0.15, 0.2) is 239 Å². The lowest BCUT2D eigenvalue weighted by molar-refractivity contribution is 0.477. The Morgan fingerprint density at radius 2 is 0.881 bits per heavy atom. The van der Waals surface area contributed by atoms with E-state index < -0.39 is 0 Å². The van der Waals surface area contributed by atoms with Gasteiger partial charge in [0.2, 0.25) is 0 Å². The molecule has 67 heavy (non-hydrogen) atoms. The van der Waals surface area contributed by atoms with Crippen molar-refractivity contribution in [2.75, 3.05) is 9.80 Å². The molecule has 0 saturated carbocycles. The van der Waals surface area contributed by atoms with Crippen LogP contribution in [-0.4, -0.2) is 0 Å². The van der Waals surface area contributed by atoms with Gasteiger partial charge in [0.1, 0.15) is 22.3 Å². The fourth-order valence-corrected chi connectivity index (χ4v) is 10.4. The molecule has 0 aliphatic carbocycles. The fourth-order valence-electron chi connectivity index (χ4n) is 10.4. The van der Waals surface area contributed by atoms with E-state index in [-0.39, 0.29) is 0 Å². The van der Waals surface area contributed by atoms with Crippen molar-refractivity contribution >= 4 is 99.5 Å². The van der Waals surface area contributed by atoms with E-state index in [1.807, 2.05) is 24.3 Å². The first-order valence-electron chi connectivity index (χ1n) is 22.7. The molecule has 0 atom stereocenters. The Morgan fingerprint density at radius 1 is 0.328 bits per heavy atom. The van der Waals surface area contributed by atoms with Crippen LogP contribution >= 0.6 is 0 Å². The summed E-state index contributed by atoms with van der Waals surface area (Å²) in [7, 11) is 0. The quantitative estimate of drug-likeness (QED) is 0.167. The van der Waals surface area contributed by atoms with Crippen LogP contribution in [0.3, 0.4) is 0 Å². The molecule has 5 heteroatoms. The number of anilines is 6. The van der Waals surface area contributed by atoms with Crippen molar-refractivity contribution in [3.8, 4) is 33.8 Å². The molecule has 314 valence electrons. The zero-order chi connectivity index (χ0) is 44.0. The maximum atomic E-state index is 7.18. The van der Waals surface area contributed by atoms with E-state index in [0.717, 1.165) is 128 Å². The molecule has 1 aliphatic heterocycles. The summed E-state index contributed by atoms with van der Waals surface area (Å²) in [4.78, 5) is 4.69. The van der Waals surface area contributed by atoms with Gasteiger partial charge in [0.25, 0.3) is 0 Å². The number of hydrogen-bond acceptors (Lipinski definition) is 5. The van der Waals surface area contributed by atoms with Gasteiger partial charge in [-0.15, -0.1) is 0 Å². The Balaban J connectivity index is 0.983. The van der Waals surface area contributed by atoms with Gasteiger partial charge in [-0.3, -0.25) is 0 Å². The summed E-state index contributed by atoms with van der Waals surface area (Å²) < 4.78 is 20.3. The maximum Gasteiger partial charge on any atom is 0.153 e.